The monoisotopic (exact) mass is 469 g/mol. The van der Waals surface area contributed by atoms with Crippen molar-refractivity contribution >= 4 is 45.0 Å². The van der Waals surface area contributed by atoms with Crippen LogP contribution in [0.15, 0.2) is 18.3 Å². The molecule has 0 unspecified atom stereocenters. The van der Waals surface area contributed by atoms with Crippen LogP contribution in [0.25, 0.3) is 10.2 Å². The summed E-state index contributed by atoms with van der Waals surface area (Å²) < 4.78 is 18.6. The molecule has 2 heterocycles. The molecule has 1 amide bonds. The normalized spacial score (nSPS) is 10.8. The zero-order valence-electron chi connectivity index (χ0n) is 18.5. The Balaban J connectivity index is 0.00000341. The summed E-state index contributed by atoms with van der Waals surface area (Å²) in [6.07, 6.45) is 2.44. The second-order valence-corrected chi connectivity index (χ2v) is 7.96. The molecule has 0 saturated carbocycles. The van der Waals surface area contributed by atoms with Gasteiger partial charge in [0.1, 0.15) is 27.3 Å². The topological polar surface area (TPSA) is 82.0 Å². The highest BCUT2D eigenvalue weighted by atomic mass is 35.5. The van der Waals surface area contributed by atoms with E-state index in [0.717, 1.165) is 17.7 Å². The van der Waals surface area contributed by atoms with Crippen molar-refractivity contribution in [2.24, 2.45) is 7.05 Å². The highest BCUT2D eigenvalue weighted by Gasteiger charge is 2.27. The molecule has 1 aromatic carbocycles. The van der Waals surface area contributed by atoms with Gasteiger partial charge in [0.25, 0.3) is 5.91 Å². The average Bonchev–Trinajstić information content (AvgIpc) is 3.33. The van der Waals surface area contributed by atoms with Crippen LogP contribution in [0.5, 0.6) is 17.4 Å². The maximum atomic E-state index is 13.5. The van der Waals surface area contributed by atoms with E-state index in [9.17, 15) is 4.79 Å². The summed E-state index contributed by atoms with van der Waals surface area (Å²) in [6.45, 7) is 1.34. The molecule has 0 radical (unpaired) electrons. The first-order chi connectivity index (χ1) is 14.4. The highest BCUT2D eigenvalue weighted by molar-refractivity contribution is 7.22. The van der Waals surface area contributed by atoms with Crippen LogP contribution in [0.4, 0.5) is 5.13 Å². The van der Waals surface area contributed by atoms with Crippen molar-refractivity contribution < 1.29 is 19.0 Å². The molecule has 0 aliphatic carbocycles. The van der Waals surface area contributed by atoms with Crippen molar-refractivity contribution in [1.82, 2.24) is 19.7 Å². The van der Waals surface area contributed by atoms with Crippen molar-refractivity contribution in [3.63, 3.8) is 0 Å². The van der Waals surface area contributed by atoms with Crippen LogP contribution in [0.2, 0.25) is 0 Å². The molecule has 31 heavy (non-hydrogen) atoms. The average molecular weight is 470 g/mol. The number of methoxy groups -OCH3 is 3. The summed E-state index contributed by atoms with van der Waals surface area (Å²) in [4.78, 5) is 22.0. The Morgan fingerprint density at radius 2 is 1.77 bits per heavy atom. The number of thiazole rings is 1. The van der Waals surface area contributed by atoms with Crippen LogP contribution in [-0.2, 0) is 7.05 Å². The molecule has 0 fully saturated rings. The zero-order valence-corrected chi connectivity index (χ0v) is 20.2. The number of hydrogen-bond donors (Lipinski definition) is 0. The summed E-state index contributed by atoms with van der Waals surface area (Å²) in [6, 6.07) is 3.65. The van der Waals surface area contributed by atoms with E-state index in [4.69, 9.17) is 19.2 Å². The number of carbonyl (C=O) groups is 1. The molecule has 0 saturated heterocycles. The third kappa shape index (κ3) is 5.20. The number of ether oxygens (including phenoxy) is 3. The Labute approximate surface area is 191 Å². The summed E-state index contributed by atoms with van der Waals surface area (Å²) >= 11 is 1.40. The second-order valence-electron chi connectivity index (χ2n) is 6.98. The van der Waals surface area contributed by atoms with Gasteiger partial charge >= 0.3 is 0 Å². The summed E-state index contributed by atoms with van der Waals surface area (Å²) in [5.74, 6) is 1.40. The molecule has 3 rings (SSSR count). The van der Waals surface area contributed by atoms with Gasteiger partial charge in [0, 0.05) is 19.8 Å². The molecule has 2 aromatic heterocycles. The highest BCUT2D eigenvalue weighted by Crippen LogP contribution is 2.40. The third-order valence-electron chi connectivity index (χ3n) is 4.58. The SMILES string of the molecule is COc1nn(C)cc1C(=O)N(CCCN(C)C)c1nc2c(OC)ccc(OC)c2s1.Cl. The van der Waals surface area contributed by atoms with E-state index in [2.05, 4.69) is 10.00 Å². The van der Waals surface area contributed by atoms with Crippen molar-refractivity contribution in [2.75, 3.05) is 53.4 Å². The maximum Gasteiger partial charge on any atom is 0.267 e. The number of aromatic nitrogens is 3. The lowest BCUT2D eigenvalue weighted by molar-refractivity contribution is 0.0983. The Kier molecular flexibility index (Phi) is 8.49. The molecular formula is C20H28ClN5O4S. The van der Waals surface area contributed by atoms with Crippen molar-refractivity contribution in [2.45, 2.75) is 6.42 Å². The molecule has 0 spiro atoms. The van der Waals surface area contributed by atoms with Crippen LogP contribution in [0.1, 0.15) is 16.8 Å². The number of nitrogens with zero attached hydrogens (tertiary/aromatic N) is 5. The number of amides is 1. The van der Waals surface area contributed by atoms with Crippen molar-refractivity contribution in [1.29, 1.82) is 0 Å². The number of hydrogen-bond acceptors (Lipinski definition) is 8. The van der Waals surface area contributed by atoms with E-state index in [-0.39, 0.29) is 24.2 Å². The molecule has 170 valence electrons. The summed E-state index contributed by atoms with van der Waals surface area (Å²) in [5, 5.41) is 4.79. The standard InChI is InChI=1S/C20H27N5O4S.ClH/c1-23(2)10-7-11-25(19(26)13-12-24(3)22-18(13)29-6)20-21-16-14(27-4)8-9-15(28-5)17(16)30-20;/h8-9,12H,7,10-11H2,1-6H3;1H. The van der Waals surface area contributed by atoms with Gasteiger partial charge in [0.15, 0.2) is 5.13 Å². The minimum absolute atomic E-state index is 0. The second kappa shape index (κ2) is 10.7. The van der Waals surface area contributed by atoms with Gasteiger partial charge in [-0.25, -0.2) is 4.98 Å². The lowest BCUT2D eigenvalue weighted by atomic mass is 10.2. The fourth-order valence-corrected chi connectivity index (χ4v) is 4.23. The number of anilines is 1. The number of carbonyl (C=O) groups excluding carboxylic acids is 1. The van der Waals surface area contributed by atoms with Crippen molar-refractivity contribution in [3.05, 3.63) is 23.9 Å². The molecule has 0 aliphatic heterocycles. The van der Waals surface area contributed by atoms with E-state index in [1.165, 1.54) is 18.4 Å². The van der Waals surface area contributed by atoms with Gasteiger partial charge in [-0.15, -0.1) is 17.5 Å². The van der Waals surface area contributed by atoms with E-state index >= 15 is 0 Å². The van der Waals surface area contributed by atoms with Gasteiger partial charge < -0.3 is 19.1 Å². The van der Waals surface area contributed by atoms with E-state index in [0.29, 0.717) is 34.3 Å². The van der Waals surface area contributed by atoms with Gasteiger partial charge in [-0.05, 0) is 39.2 Å². The number of benzene rings is 1. The Morgan fingerprint density at radius 1 is 1.10 bits per heavy atom. The summed E-state index contributed by atoms with van der Waals surface area (Å²) in [5.41, 5.74) is 1.06. The fourth-order valence-electron chi connectivity index (χ4n) is 3.13. The first-order valence-corrected chi connectivity index (χ1v) is 10.3. The predicted molar refractivity (Wildman–Crippen MR) is 125 cm³/mol. The molecular weight excluding hydrogens is 442 g/mol. The number of aryl methyl sites for hydroxylation is 1. The molecule has 0 aliphatic rings. The van der Waals surface area contributed by atoms with Gasteiger partial charge in [0.05, 0.1) is 21.3 Å². The third-order valence-corrected chi connectivity index (χ3v) is 5.67. The lowest BCUT2D eigenvalue weighted by Gasteiger charge is -2.20. The van der Waals surface area contributed by atoms with E-state index in [1.807, 2.05) is 26.2 Å². The predicted octanol–water partition coefficient (Wildman–Crippen LogP) is 3.08. The number of fused-ring (bicyclic) bond motifs is 1. The van der Waals surface area contributed by atoms with Gasteiger partial charge in [0.2, 0.25) is 5.88 Å². The Morgan fingerprint density at radius 3 is 2.39 bits per heavy atom. The molecule has 11 heteroatoms. The minimum Gasteiger partial charge on any atom is -0.495 e. The molecule has 0 N–H and O–H groups in total. The number of halogens is 1. The van der Waals surface area contributed by atoms with Gasteiger partial charge in [-0.2, -0.15) is 0 Å². The van der Waals surface area contributed by atoms with Crippen molar-refractivity contribution in [3.8, 4) is 17.4 Å². The minimum atomic E-state index is -0.212. The van der Waals surface area contributed by atoms with Crippen LogP contribution >= 0.6 is 23.7 Å². The largest absolute Gasteiger partial charge is 0.495 e. The van der Waals surface area contributed by atoms with Crippen LogP contribution in [-0.4, -0.2) is 74.1 Å². The van der Waals surface area contributed by atoms with E-state index < -0.39 is 0 Å². The first-order valence-electron chi connectivity index (χ1n) is 9.45. The quantitative estimate of drug-likeness (QED) is 0.476. The molecule has 0 bridgehead atoms. The zero-order chi connectivity index (χ0) is 21.8. The first kappa shape index (κ1) is 24.7. The molecule has 0 atom stereocenters. The lowest BCUT2D eigenvalue weighted by Crippen LogP contribution is -2.33. The summed E-state index contributed by atoms with van der Waals surface area (Å²) in [7, 11) is 10.5. The Hall–Kier alpha value is -2.56. The fraction of sp³-hybridized carbons (Fsp3) is 0.450. The van der Waals surface area contributed by atoms with Crippen LogP contribution in [0, 0.1) is 0 Å². The maximum absolute atomic E-state index is 13.5. The Bertz CT molecular complexity index is 995. The van der Waals surface area contributed by atoms with Crippen LogP contribution < -0.4 is 19.1 Å². The van der Waals surface area contributed by atoms with Gasteiger partial charge in [-0.3, -0.25) is 14.4 Å². The van der Waals surface area contributed by atoms with Crippen LogP contribution in [0.3, 0.4) is 0 Å². The van der Waals surface area contributed by atoms with Gasteiger partial charge in [-0.1, -0.05) is 11.3 Å². The van der Waals surface area contributed by atoms with E-state index in [1.54, 1.807) is 37.0 Å². The molecule has 9 nitrogen and oxygen atoms in total. The smallest absolute Gasteiger partial charge is 0.267 e. The number of rotatable bonds is 9. The molecule has 3 aromatic rings.